The molecule has 2 N–H and O–H groups in total. The van der Waals surface area contributed by atoms with Crippen molar-refractivity contribution in [2.75, 3.05) is 17.2 Å². The predicted octanol–water partition coefficient (Wildman–Crippen LogP) is 5.88. The molecule has 1 amide bonds. The van der Waals surface area contributed by atoms with Gasteiger partial charge < -0.3 is 15.4 Å². The van der Waals surface area contributed by atoms with Crippen molar-refractivity contribution >= 4 is 52.1 Å². The second-order valence-electron chi connectivity index (χ2n) is 5.46. The van der Waals surface area contributed by atoms with Gasteiger partial charge in [-0.1, -0.05) is 34.8 Å². The van der Waals surface area contributed by atoms with E-state index in [4.69, 9.17) is 39.5 Å². The largest absolute Gasteiger partial charge is 0.457 e. The van der Waals surface area contributed by atoms with E-state index in [1.54, 1.807) is 36.7 Å². The van der Waals surface area contributed by atoms with Gasteiger partial charge in [0.1, 0.15) is 11.5 Å². The monoisotopic (exact) mass is 421 g/mol. The maximum atomic E-state index is 12.1. The van der Waals surface area contributed by atoms with Crippen LogP contribution in [0.3, 0.4) is 0 Å². The SMILES string of the molecule is O=C(CNc1ccc(Oc2ccncc2)cc1)Nc1cc(Cl)c(Cl)cc1Cl. The van der Waals surface area contributed by atoms with E-state index in [2.05, 4.69) is 15.6 Å². The average molecular weight is 423 g/mol. The van der Waals surface area contributed by atoms with Crippen molar-refractivity contribution in [3.05, 3.63) is 76.0 Å². The molecule has 1 heterocycles. The van der Waals surface area contributed by atoms with Gasteiger partial charge in [-0.15, -0.1) is 0 Å². The van der Waals surface area contributed by atoms with Gasteiger partial charge in [0.15, 0.2) is 0 Å². The standard InChI is InChI=1S/C19H14Cl3N3O2/c20-15-9-17(22)18(10-16(15)21)25-19(26)11-24-12-1-3-13(4-2-12)27-14-5-7-23-8-6-14/h1-10,24H,11H2,(H,25,26). The molecule has 0 saturated heterocycles. The summed E-state index contributed by atoms with van der Waals surface area (Å²) < 4.78 is 5.69. The maximum absolute atomic E-state index is 12.1. The number of carbonyl (C=O) groups is 1. The molecule has 3 rings (SSSR count). The minimum atomic E-state index is -0.271. The van der Waals surface area contributed by atoms with Gasteiger partial charge in [0.25, 0.3) is 0 Å². The van der Waals surface area contributed by atoms with Crippen molar-refractivity contribution in [2.45, 2.75) is 0 Å². The summed E-state index contributed by atoms with van der Waals surface area (Å²) in [6.07, 6.45) is 3.31. The first-order chi connectivity index (χ1) is 13.0. The number of hydrogen-bond donors (Lipinski definition) is 2. The molecule has 8 heteroatoms. The van der Waals surface area contributed by atoms with Crippen LogP contribution in [0.2, 0.25) is 15.1 Å². The summed E-state index contributed by atoms with van der Waals surface area (Å²) in [7, 11) is 0. The summed E-state index contributed by atoms with van der Waals surface area (Å²) in [5.74, 6) is 1.11. The van der Waals surface area contributed by atoms with Crippen LogP contribution in [-0.2, 0) is 4.79 Å². The number of benzene rings is 2. The van der Waals surface area contributed by atoms with E-state index in [1.807, 2.05) is 12.1 Å². The molecule has 0 fully saturated rings. The Balaban J connectivity index is 1.54. The van der Waals surface area contributed by atoms with Crippen LogP contribution in [-0.4, -0.2) is 17.4 Å². The first-order valence-electron chi connectivity index (χ1n) is 7.87. The number of ether oxygens (including phenoxy) is 1. The lowest BCUT2D eigenvalue weighted by Crippen LogP contribution is -2.21. The Morgan fingerprint density at radius 3 is 2.22 bits per heavy atom. The molecule has 3 aromatic rings. The zero-order chi connectivity index (χ0) is 19.2. The summed E-state index contributed by atoms with van der Waals surface area (Å²) in [5.41, 5.74) is 1.17. The first kappa shape index (κ1) is 19.3. The van der Waals surface area contributed by atoms with E-state index < -0.39 is 0 Å². The second kappa shape index (κ2) is 8.95. The van der Waals surface area contributed by atoms with Gasteiger partial charge >= 0.3 is 0 Å². The van der Waals surface area contributed by atoms with Crippen LogP contribution in [0.5, 0.6) is 11.5 Å². The highest BCUT2D eigenvalue weighted by atomic mass is 35.5. The van der Waals surface area contributed by atoms with Crippen LogP contribution in [0.4, 0.5) is 11.4 Å². The summed E-state index contributed by atoms with van der Waals surface area (Å²) in [6.45, 7) is 0.0567. The Hall–Kier alpha value is -2.47. The third-order valence-corrected chi connectivity index (χ3v) is 4.51. The zero-order valence-electron chi connectivity index (χ0n) is 13.9. The second-order valence-corrected chi connectivity index (χ2v) is 6.68. The normalized spacial score (nSPS) is 10.3. The number of nitrogens with one attached hydrogen (secondary N) is 2. The van der Waals surface area contributed by atoms with Crippen LogP contribution < -0.4 is 15.4 Å². The van der Waals surface area contributed by atoms with Gasteiger partial charge in [-0.05, 0) is 48.5 Å². The Bertz CT molecular complexity index is 935. The quantitative estimate of drug-likeness (QED) is 0.487. The van der Waals surface area contributed by atoms with Crippen LogP contribution in [0.1, 0.15) is 0 Å². The molecule has 138 valence electrons. The molecule has 0 aliphatic carbocycles. The van der Waals surface area contributed by atoms with Crippen molar-refractivity contribution in [1.29, 1.82) is 0 Å². The van der Waals surface area contributed by atoms with Gasteiger partial charge in [0.2, 0.25) is 5.91 Å². The van der Waals surface area contributed by atoms with Gasteiger partial charge in [-0.3, -0.25) is 9.78 Å². The number of hydrogen-bond acceptors (Lipinski definition) is 4. The summed E-state index contributed by atoms with van der Waals surface area (Å²) in [5, 5.41) is 6.66. The molecule has 0 bridgehead atoms. The van der Waals surface area contributed by atoms with E-state index in [0.717, 1.165) is 5.69 Å². The van der Waals surface area contributed by atoms with Crippen molar-refractivity contribution in [1.82, 2.24) is 4.98 Å². The zero-order valence-corrected chi connectivity index (χ0v) is 16.1. The number of amides is 1. The fourth-order valence-electron chi connectivity index (χ4n) is 2.18. The maximum Gasteiger partial charge on any atom is 0.243 e. The summed E-state index contributed by atoms with van der Waals surface area (Å²) in [4.78, 5) is 16.0. The number of pyridine rings is 1. The lowest BCUT2D eigenvalue weighted by molar-refractivity contribution is -0.114. The van der Waals surface area contributed by atoms with E-state index in [-0.39, 0.29) is 12.5 Å². The van der Waals surface area contributed by atoms with Crippen LogP contribution in [0, 0.1) is 0 Å². The number of carbonyl (C=O) groups excluding carboxylic acids is 1. The molecule has 5 nitrogen and oxygen atoms in total. The third-order valence-electron chi connectivity index (χ3n) is 3.48. The highest BCUT2D eigenvalue weighted by molar-refractivity contribution is 6.44. The van der Waals surface area contributed by atoms with E-state index in [9.17, 15) is 4.79 Å². The van der Waals surface area contributed by atoms with Gasteiger partial charge in [0.05, 0.1) is 27.3 Å². The minimum absolute atomic E-state index is 0.0567. The number of anilines is 2. The van der Waals surface area contributed by atoms with E-state index in [1.165, 1.54) is 12.1 Å². The lowest BCUT2D eigenvalue weighted by atomic mass is 10.3. The summed E-state index contributed by atoms with van der Waals surface area (Å²) >= 11 is 17.9. The highest BCUT2D eigenvalue weighted by Crippen LogP contribution is 2.32. The molecular formula is C19H14Cl3N3O2. The van der Waals surface area contributed by atoms with Crippen molar-refractivity contribution in [3.63, 3.8) is 0 Å². The predicted molar refractivity (Wildman–Crippen MR) is 109 cm³/mol. The molecule has 1 aromatic heterocycles. The smallest absolute Gasteiger partial charge is 0.243 e. The van der Waals surface area contributed by atoms with Crippen LogP contribution >= 0.6 is 34.8 Å². The highest BCUT2D eigenvalue weighted by Gasteiger charge is 2.09. The van der Waals surface area contributed by atoms with Crippen LogP contribution in [0.15, 0.2) is 60.9 Å². The first-order valence-corrected chi connectivity index (χ1v) is 9.01. The molecule has 0 unspecified atom stereocenters. The van der Waals surface area contributed by atoms with Crippen LogP contribution in [0.25, 0.3) is 0 Å². The Morgan fingerprint density at radius 1 is 0.889 bits per heavy atom. The van der Waals surface area contributed by atoms with Crippen molar-refractivity contribution in [2.24, 2.45) is 0 Å². The molecule has 27 heavy (non-hydrogen) atoms. The summed E-state index contributed by atoms with van der Waals surface area (Å²) in [6, 6.07) is 13.8. The molecule has 0 aliphatic heterocycles. The molecule has 2 aromatic carbocycles. The molecule has 0 aliphatic rings. The molecule has 0 saturated carbocycles. The molecule has 0 atom stereocenters. The molecular weight excluding hydrogens is 409 g/mol. The Kier molecular flexibility index (Phi) is 6.40. The number of nitrogens with zero attached hydrogens (tertiary/aromatic N) is 1. The number of rotatable bonds is 6. The average Bonchev–Trinajstić information content (AvgIpc) is 2.66. The number of aromatic nitrogens is 1. The lowest BCUT2D eigenvalue weighted by Gasteiger charge is -2.11. The Morgan fingerprint density at radius 2 is 1.52 bits per heavy atom. The molecule has 0 spiro atoms. The molecule has 0 radical (unpaired) electrons. The Labute approximate surface area is 171 Å². The third kappa shape index (κ3) is 5.50. The van der Waals surface area contributed by atoms with E-state index >= 15 is 0 Å². The number of halogens is 3. The van der Waals surface area contributed by atoms with Crippen molar-refractivity contribution in [3.8, 4) is 11.5 Å². The van der Waals surface area contributed by atoms with Crippen molar-refractivity contribution < 1.29 is 9.53 Å². The minimum Gasteiger partial charge on any atom is -0.457 e. The van der Waals surface area contributed by atoms with Gasteiger partial charge in [0, 0.05) is 18.1 Å². The van der Waals surface area contributed by atoms with Gasteiger partial charge in [-0.25, -0.2) is 0 Å². The van der Waals surface area contributed by atoms with Gasteiger partial charge in [-0.2, -0.15) is 0 Å². The fourth-order valence-corrected chi connectivity index (χ4v) is 2.77. The fraction of sp³-hybridized carbons (Fsp3) is 0.0526. The van der Waals surface area contributed by atoms with E-state index in [0.29, 0.717) is 32.3 Å². The topological polar surface area (TPSA) is 63.2 Å².